The van der Waals surface area contributed by atoms with E-state index in [2.05, 4.69) is 32.0 Å². The number of benzene rings is 2. The molecule has 2 aromatic rings. The Hall–Kier alpha value is -2.62. The van der Waals surface area contributed by atoms with Crippen molar-refractivity contribution in [2.24, 2.45) is 4.99 Å². The minimum Gasteiger partial charge on any atom is -0.508 e. The van der Waals surface area contributed by atoms with Gasteiger partial charge in [0.2, 0.25) is 0 Å². The Kier molecular flexibility index (Phi) is 5.94. The number of carbonyl (C=O) groups is 1. The van der Waals surface area contributed by atoms with E-state index >= 15 is 0 Å². The SMILES string of the molecule is CCCCC1=NC2(CCCC2)C(=O)N1Cc1ccc(-c2cccc(O)c2)c(CC)c1. The van der Waals surface area contributed by atoms with Crippen molar-refractivity contribution in [2.75, 3.05) is 0 Å². The van der Waals surface area contributed by atoms with Crippen molar-refractivity contribution in [3.05, 3.63) is 53.6 Å². The van der Waals surface area contributed by atoms with E-state index in [1.54, 1.807) is 12.1 Å². The van der Waals surface area contributed by atoms with E-state index < -0.39 is 5.54 Å². The highest BCUT2D eigenvalue weighted by Crippen LogP contribution is 2.40. The van der Waals surface area contributed by atoms with Gasteiger partial charge in [-0.15, -0.1) is 0 Å². The van der Waals surface area contributed by atoms with Crippen LogP contribution in [0.2, 0.25) is 0 Å². The van der Waals surface area contributed by atoms with Crippen molar-refractivity contribution in [1.29, 1.82) is 0 Å². The van der Waals surface area contributed by atoms with Crippen LogP contribution in [-0.2, 0) is 17.8 Å². The zero-order valence-electron chi connectivity index (χ0n) is 18.2. The van der Waals surface area contributed by atoms with E-state index in [1.165, 1.54) is 5.56 Å². The molecule has 4 rings (SSSR count). The molecule has 0 unspecified atom stereocenters. The van der Waals surface area contributed by atoms with Gasteiger partial charge in [0.25, 0.3) is 5.91 Å². The van der Waals surface area contributed by atoms with Crippen molar-refractivity contribution in [1.82, 2.24) is 4.90 Å². The molecule has 1 heterocycles. The summed E-state index contributed by atoms with van der Waals surface area (Å²) in [7, 11) is 0. The lowest BCUT2D eigenvalue weighted by Gasteiger charge is -2.23. The molecule has 0 bridgehead atoms. The van der Waals surface area contributed by atoms with Gasteiger partial charge in [-0.05, 0) is 60.1 Å². The van der Waals surface area contributed by atoms with E-state index in [0.717, 1.165) is 73.9 Å². The van der Waals surface area contributed by atoms with Crippen molar-refractivity contribution in [2.45, 2.75) is 77.3 Å². The number of aliphatic imine (C=N–C) groups is 1. The van der Waals surface area contributed by atoms with Gasteiger partial charge in [0.1, 0.15) is 17.1 Å². The minimum absolute atomic E-state index is 0.209. The highest BCUT2D eigenvalue weighted by Gasteiger charge is 2.49. The Morgan fingerprint density at radius 3 is 2.60 bits per heavy atom. The molecule has 2 aliphatic rings. The van der Waals surface area contributed by atoms with Gasteiger partial charge in [-0.25, -0.2) is 0 Å². The van der Waals surface area contributed by atoms with Crippen LogP contribution in [0.15, 0.2) is 47.5 Å². The first-order chi connectivity index (χ1) is 14.6. The molecule has 1 spiro atoms. The lowest BCUT2D eigenvalue weighted by molar-refractivity contribution is -0.131. The van der Waals surface area contributed by atoms with Gasteiger partial charge < -0.3 is 5.11 Å². The highest BCUT2D eigenvalue weighted by atomic mass is 16.3. The molecule has 0 saturated heterocycles. The molecule has 1 aliphatic carbocycles. The third-order valence-corrected chi connectivity index (χ3v) is 6.53. The number of hydrogen-bond acceptors (Lipinski definition) is 3. The minimum atomic E-state index is -0.474. The molecule has 1 amide bonds. The average molecular weight is 405 g/mol. The molecular formula is C26H32N2O2. The van der Waals surface area contributed by atoms with Crippen molar-refractivity contribution in [3.63, 3.8) is 0 Å². The maximum atomic E-state index is 13.4. The number of aryl methyl sites for hydroxylation is 1. The number of aromatic hydroxyl groups is 1. The lowest BCUT2D eigenvalue weighted by Crippen LogP contribution is -2.40. The number of carbonyl (C=O) groups excluding carboxylic acids is 1. The van der Waals surface area contributed by atoms with E-state index in [4.69, 9.17) is 4.99 Å². The number of hydrogen-bond donors (Lipinski definition) is 1. The summed E-state index contributed by atoms with van der Waals surface area (Å²) >= 11 is 0. The van der Waals surface area contributed by atoms with Crippen LogP contribution >= 0.6 is 0 Å². The molecular weight excluding hydrogens is 372 g/mol. The van der Waals surface area contributed by atoms with Crippen LogP contribution in [0, 0.1) is 0 Å². The number of nitrogens with zero attached hydrogens (tertiary/aromatic N) is 2. The van der Waals surface area contributed by atoms with Crippen LogP contribution in [0.1, 0.15) is 69.9 Å². The molecule has 1 N–H and O–H groups in total. The van der Waals surface area contributed by atoms with Gasteiger partial charge in [0.15, 0.2) is 0 Å². The monoisotopic (exact) mass is 404 g/mol. The average Bonchev–Trinajstić information content (AvgIpc) is 3.33. The first kappa shape index (κ1) is 20.6. The topological polar surface area (TPSA) is 52.9 Å². The Bertz CT molecular complexity index is 957. The number of amides is 1. The van der Waals surface area contributed by atoms with Crippen molar-refractivity contribution in [3.8, 4) is 16.9 Å². The number of unbranched alkanes of at least 4 members (excludes halogenated alkanes) is 1. The summed E-state index contributed by atoms with van der Waals surface area (Å²) in [5, 5.41) is 9.86. The van der Waals surface area contributed by atoms with Gasteiger partial charge in [-0.1, -0.05) is 63.4 Å². The normalized spacial score (nSPS) is 17.7. The fourth-order valence-electron chi connectivity index (χ4n) is 4.87. The van der Waals surface area contributed by atoms with Crippen LogP contribution in [-0.4, -0.2) is 27.3 Å². The maximum absolute atomic E-state index is 13.4. The van der Waals surface area contributed by atoms with Crippen LogP contribution < -0.4 is 0 Å². The molecule has 30 heavy (non-hydrogen) atoms. The summed E-state index contributed by atoms with van der Waals surface area (Å²) in [6.45, 7) is 4.92. The zero-order chi connectivity index (χ0) is 21.1. The van der Waals surface area contributed by atoms with Gasteiger partial charge in [-0.2, -0.15) is 0 Å². The van der Waals surface area contributed by atoms with Crippen LogP contribution in [0.25, 0.3) is 11.1 Å². The summed E-state index contributed by atoms with van der Waals surface area (Å²) in [6, 6.07) is 13.8. The number of amidine groups is 1. The van der Waals surface area contributed by atoms with Gasteiger partial charge >= 0.3 is 0 Å². The third-order valence-electron chi connectivity index (χ3n) is 6.53. The molecule has 0 radical (unpaired) electrons. The molecule has 2 aromatic carbocycles. The predicted octanol–water partition coefficient (Wildman–Crippen LogP) is 5.87. The summed E-state index contributed by atoms with van der Waals surface area (Å²) in [5.41, 5.74) is 4.05. The Balaban J connectivity index is 1.61. The molecule has 0 atom stereocenters. The first-order valence-electron chi connectivity index (χ1n) is 11.4. The zero-order valence-corrected chi connectivity index (χ0v) is 18.2. The summed E-state index contributed by atoms with van der Waals surface area (Å²) in [5.74, 6) is 1.47. The summed E-state index contributed by atoms with van der Waals surface area (Å²) in [4.78, 5) is 20.3. The third kappa shape index (κ3) is 3.88. The molecule has 4 heteroatoms. The van der Waals surface area contributed by atoms with Crippen LogP contribution in [0.3, 0.4) is 0 Å². The summed E-state index contributed by atoms with van der Waals surface area (Å²) < 4.78 is 0. The fourth-order valence-corrected chi connectivity index (χ4v) is 4.87. The number of phenols is 1. The molecule has 158 valence electrons. The van der Waals surface area contributed by atoms with Crippen LogP contribution in [0.4, 0.5) is 0 Å². The van der Waals surface area contributed by atoms with E-state index in [1.807, 2.05) is 17.0 Å². The molecule has 1 fully saturated rings. The molecule has 1 aliphatic heterocycles. The predicted molar refractivity (Wildman–Crippen MR) is 122 cm³/mol. The van der Waals surface area contributed by atoms with E-state index in [-0.39, 0.29) is 11.7 Å². The second kappa shape index (κ2) is 8.63. The van der Waals surface area contributed by atoms with E-state index in [0.29, 0.717) is 6.54 Å². The smallest absolute Gasteiger partial charge is 0.256 e. The highest BCUT2D eigenvalue weighted by molar-refractivity contribution is 6.08. The fraction of sp³-hybridized carbons (Fsp3) is 0.462. The number of rotatable bonds is 7. The quantitative estimate of drug-likeness (QED) is 0.628. The second-order valence-electron chi connectivity index (χ2n) is 8.66. The molecule has 0 aromatic heterocycles. The Morgan fingerprint density at radius 2 is 1.90 bits per heavy atom. The maximum Gasteiger partial charge on any atom is 0.256 e. The molecule has 1 saturated carbocycles. The lowest BCUT2D eigenvalue weighted by atomic mass is 9.95. The molecule has 4 nitrogen and oxygen atoms in total. The van der Waals surface area contributed by atoms with Gasteiger partial charge in [0, 0.05) is 6.42 Å². The van der Waals surface area contributed by atoms with Crippen LogP contribution in [0.5, 0.6) is 5.75 Å². The first-order valence-corrected chi connectivity index (χ1v) is 11.4. The number of phenolic OH excluding ortho intramolecular Hbond substituents is 1. The van der Waals surface area contributed by atoms with Gasteiger partial charge in [0.05, 0.1) is 6.54 Å². The Labute approximate surface area is 179 Å². The summed E-state index contributed by atoms with van der Waals surface area (Å²) in [6.07, 6.45) is 7.94. The van der Waals surface area contributed by atoms with Crippen molar-refractivity contribution >= 4 is 11.7 Å². The Morgan fingerprint density at radius 1 is 1.10 bits per heavy atom. The standard InChI is InChI=1S/C26H32N2O2/c1-3-5-11-24-27-26(14-6-7-15-26)25(30)28(24)18-19-12-13-23(20(4-2)16-19)21-9-8-10-22(29)17-21/h8-10,12-13,16-17,29H,3-7,11,14-15,18H2,1-2H3. The second-order valence-corrected chi connectivity index (χ2v) is 8.66. The van der Waals surface area contributed by atoms with Gasteiger partial charge in [-0.3, -0.25) is 14.7 Å². The van der Waals surface area contributed by atoms with Crippen molar-refractivity contribution < 1.29 is 9.90 Å². The largest absolute Gasteiger partial charge is 0.508 e. The van der Waals surface area contributed by atoms with E-state index in [9.17, 15) is 9.90 Å².